The fraction of sp³-hybridized carbons (Fsp3) is 0.458. The van der Waals surface area contributed by atoms with Gasteiger partial charge >= 0.3 is 0 Å². The second kappa shape index (κ2) is 8.90. The van der Waals surface area contributed by atoms with Crippen molar-refractivity contribution in [3.05, 3.63) is 52.5 Å². The van der Waals surface area contributed by atoms with Crippen molar-refractivity contribution >= 4 is 11.5 Å². The average Bonchev–Trinajstić information content (AvgIpc) is 3.29. The monoisotopic (exact) mass is 472 g/mol. The number of hydrogen-bond acceptors (Lipinski definition) is 6. The fourth-order valence-electron chi connectivity index (χ4n) is 4.78. The molecule has 0 bridgehead atoms. The van der Waals surface area contributed by atoms with E-state index in [1.807, 2.05) is 6.07 Å². The van der Waals surface area contributed by atoms with Gasteiger partial charge in [0.2, 0.25) is 0 Å². The summed E-state index contributed by atoms with van der Waals surface area (Å²) in [5.74, 6) is 1.28. The molecule has 34 heavy (non-hydrogen) atoms. The third kappa shape index (κ3) is 4.00. The highest BCUT2D eigenvalue weighted by atomic mass is 19.3. The molecule has 0 amide bonds. The average molecular weight is 473 g/mol. The standard InChI is InChI=1S/C24H27F3N6O/c1-13(16-4-3-5-17(20(16)25)21(26)27)29-22-18-12-19(32-9-6-15(34)7-10-32)24-28-8-11-33(24)23(18)31-14(2)30-22/h3-5,12-13,15,21,28,34H,6-11H2,1-2H3. The molecule has 1 saturated heterocycles. The van der Waals surface area contributed by atoms with E-state index in [1.165, 1.54) is 12.1 Å². The number of aliphatic hydroxyl groups is 1. The van der Waals surface area contributed by atoms with Gasteiger partial charge in [-0.25, -0.2) is 23.1 Å². The molecular formula is C24H27F3N6O. The minimum absolute atomic E-state index is 0.0999. The Morgan fingerprint density at radius 1 is 1.15 bits per heavy atom. The number of fused-ring (bicyclic) bond motifs is 3. The van der Waals surface area contributed by atoms with Crippen LogP contribution in [0.15, 0.2) is 29.3 Å². The van der Waals surface area contributed by atoms with Crippen LogP contribution in [0.2, 0.25) is 0 Å². The summed E-state index contributed by atoms with van der Waals surface area (Å²) in [6, 6.07) is 5.27. The summed E-state index contributed by atoms with van der Waals surface area (Å²) >= 11 is 0. The lowest BCUT2D eigenvalue weighted by Gasteiger charge is -2.33. The van der Waals surface area contributed by atoms with E-state index in [4.69, 9.17) is 0 Å². The number of aryl methyl sites for hydroxylation is 1. The number of benzene rings is 1. The van der Waals surface area contributed by atoms with Crippen molar-refractivity contribution in [2.75, 3.05) is 29.9 Å². The molecule has 1 fully saturated rings. The van der Waals surface area contributed by atoms with Crippen LogP contribution in [0.4, 0.5) is 24.7 Å². The van der Waals surface area contributed by atoms with Crippen molar-refractivity contribution in [3.8, 4) is 11.4 Å². The number of aromatic nitrogens is 3. The zero-order valence-electron chi connectivity index (χ0n) is 19.1. The van der Waals surface area contributed by atoms with Crippen LogP contribution >= 0.6 is 0 Å². The van der Waals surface area contributed by atoms with E-state index < -0.39 is 23.8 Å². The highest BCUT2D eigenvalue weighted by Crippen LogP contribution is 2.37. The number of halogens is 3. The molecule has 1 atom stereocenters. The van der Waals surface area contributed by atoms with Gasteiger partial charge in [0.25, 0.3) is 6.43 Å². The molecule has 1 aromatic rings. The first-order valence-corrected chi connectivity index (χ1v) is 11.5. The molecular weight excluding hydrogens is 445 g/mol. The second-order valence-corrected chi connectivity index (χ2v) is 8.86. The number of aliphatic hydroxyl groups excluding tert-OH is 1. The molecule has 0 aromatic heterocycles. The van der Waals surface area contributed by atoms with Crippen LogP contribution in [0.25, 0.3) is 11.4 Å². The van der Waals surface area contributed by atoms with Crippen LogP contribution in [0, 0.1) is 12.7 Å². The molecule has 1 unspecified atom stereocenters. The highest BCUT2D eigenvalue weighted by molar-refractivity contribution is 5.77. The first-order valence-electron chi connectivity index (χ1n) is 11.5. The predicted molar refractivity (Wildman–Crippen MR) is 123 cm³/mol. The third-order valence-corrected chi connectivity index (χ3v) is 6.56. The summed E-state index contributed by atoms with van der Waals surface area (Å²) in [6.07, 6.45) is -1.81. The number of rotatable bonds is 4. The molecule has 0 saturated carbocycles. The van der Waals surface area contributed by atoms with Gasteiger partial charge in [-0.1, -0.05) is 18.2 Å². The van der Waals surface area contributed by atoms with Gasteiger partial charge in [-0.05, 0) is 32.8 Å². The molecule has 0 spiro atoms. The summed E-state index contributed by atoms with van der Waals surface area (Å²) in [5, 5.41) is 13.4. The largest absolute Gasteiger partial charge is 0.393 e. The van der Waals surface area contributed by atoms with E-state index >= 15 is 0 Å². The number of pyridine rings is 1. The zero-order chi connectivity index (χ0) is 24.0. The lowest BCUT2D eigenvalue weighted by atomic mass is 10.0. The lowest BCUT2D eigenvalue weighted by Crippen LogP contribution is -2.36. The maximum Gasteiger partial charge on any atom is 0.266 e. The van der Waals surface area contributed by atoms with Crippen molar-refractivity contribution in [3.63, 3.8) is 0 Å². The first kappa shape index (κ1) is 22.6. The molecule has 10 heteroatoms. The van der Waals surface area contributed by atoms with E-state index in [1.54, 1.807) is 13.8 Å². The Balaban J connectivity index is 1.65. The van der Waals surface area contributed by atoms with Crippen LogP contribution in [-0.2, 0) is 6.54 Å². The van der Waals surface area contributed by atoms with Gasteiger partial charge in [-0.15, -0.1) is 0 Å². The Morgan fingerprint density at radius 3 is 2.62 bits per heavy atom. The molecule has 2 N–H and O–H groups in total. The SMILES string of the molecule is Cc1nc2n3c(c(N4CCC(O)CC4)cc-2c(=NC(C)c2cccc(C(F)F)c2F)n1)NCC3. The van der Waals surface area contributed by atoms with Crippen molar-refractivity contribution in [1.29, 1.82) is 0 Å². The summed E-state index contributed by atoms with van der Waals surface area (Å²) in [5.41, 5.74) is 1.58. The molecule has 4 heterocycles. The van der Waals surface area contributed by atoms with Crippen LogP contribution < -0.4 is 15.7 Å². The third-order valence-electron chi connectivity index (χ3n) is 6.56. The predicted octanol–water partition coefficient (Wildman–Crippen LogP) is 3.82. The number of anilines is 2. The zero-order valence-corrected chi connectivity index (χ0v) is 19.1. The minimum atomic E-state index is -2.90. The van der Waals surface area contributed by atoms with Gasteiger partial charge < -0.3 is 19.9 Å². The van der Waals surface area contributed by atoms with E-state index in [0.29, 0.717) is 24.2 Å². The number of hydrogen-bond donors (Lipinski definition) is 2. The fourth-order valence-corrected chi connectivity index (χ4v) is 4.78. The quantitative estimate of drug-likeness (QED) is 0.604. The summed E-state index contributed by atoms with van der Waals surface area (Å²) in [6.45, 7) is 6.39. The Bertz CT molecular complexity index is 1250. The maximum absolute atomic E-state index is 14.8. The molecule has 1 aromatic carbocycles. The Labute approximate surface area is 195 Å². The minimum Gasteiger partial charge on any atom is -0.393 e. The number of nitrogens with one attached hydrogen (secondary N) is 1. The molecule has 7 nitrogen and oxygen atoms in total. The maximum atomic E-state index is 14.8. The summed E-state index contributed by atoms with van der Waals surface area (Å²) in [4.78, 5) is 16.1. The smallest absolute Gasteiger partial charge is 0.266 e. The number of alkyl halides is 2. The Hall–Kier alpha value is -3.14. The Morgan fingerprint density at radius 2 is 1.88 bits per heavy atom. The van der Waals surface area contributed by atoms with Crippen LogP contribution in [0.1, 0.15) is 49.2 Å². The van der Waals surface area contributed by atoms with Crippen molar-refractivity contribution in [2.45, 2.75) is 51.8 Å². The molecule has 180 valence electrons. The number of nitrogens with zero attached hydrogens (tertiary/aromatic N) is 5. The lowest BCUT2D eigenvalue weighted by molar-refractivity contribution is 0.145. The molecule has 4 aliphatic rings. The molecule has 5 rings (SSSR count). The Kier molecular flexibility index (Phi) is 5.93. The van der Waals surface area contributed by atoms with Crippen molar-refractivity contribution in [1.82, 2.24) is 14.5 Å². The van der Waals surface area contributed by atoms with Crippen LogP contribution in [0.5, 0.6) is 0 Å². The van der Waals surface area contributed by atoms with Gasteiger partial charge in [0.05, 0.1) is 29.0 Å². The van der Waals surface area contributed by atoms with Crippen LogP contribution in [0.3, 0.4) is 0 Å². The molecule has 0 radical (unpaired) electrons. The van der Waals surface area contributed by atoms with Gasteiger partial charge in [-0.2, -0.15) is 0 Å². The number of piperidine rings is 1. The highest BCUT2D eigenvalue weighted by Gasteiger charge is 2.28. The van der Waals surface area contributed by atoms with Gasteiger partial charge in [0.1, 0.15) is 23.3 Å². The van der Waals surface area contributed by atoms with Crippen molar-refractivity contribution < 1.29 is 18.3 Å². The van der Waals surface area contributed by atoms with Crippen LogP contribution in [-0.4, -0.2) is 45.4 Å². The van der Waals surface area contributed by atoms with E-state index in [2.05, 4.69) is 29.7 Å². The molecule has 0 aliphatic carbocycles. The normalized spacial score (nSPS) is 18.0. The first-order chi connectivity index (χ1) is 16.3. The van der Waals surface area contributed by atoms with E-state index in [-0.39, 0.29) is 11.7 Å². The second-order valence-electron chi connectivity index (χ2n) is 8.86. The van der Waals surface area contributed by atoms with Gasteiger partial charge in [-0.3, -0.25) is 4.99 Å². The van der Waals surface area contributed by atoms with E-state index in [0.717, 1.165) is 55.1 Å². The topological polar surface area (TPSA) is 78.6 Å². The van der Waals surface area contributed by atoms with Gasteiger partial charge in [0, 0.05) is 31.7 Å². The van der Waals surface area contributed by atoms with E-state index in [9.17, 15) is 18.3 Å². The van der Waals surface area contributed by atoms with Gasteiger partial charge in [0.15, 0.2) is 5.49 Å². The van der Waals surface area contributed by atoms with Crippen molar-refractivity contribution in [2.24, 2.45) is 4.99 Å². The summed E-state index contributed by atoms with van der Waals surface area (Å²) < 4.78 is 43.3. The molecule has 4 aliphatic heterocycles. The summed E-state index contributed by atoms with van der Waals surface area (Å²) in [7, 11) is 0.